The van der Waals surface area contributed by atoms with Gasteiger partial charge in [-0.2, -0.15) is 24.9 Å². The van der Waals surface area contributed by atoms with Gasteiger partial charge in [-0.05, 0) is 37.7 Å². The molecular formula is C18H27F3IN3O2S. The highest BCUT2D eigenvalue weighted by atomic mass is 127. The van der Waals surface area contributed by atoms with E-state index < -0.39 is 18.4 Å². The van der Waals surface area contributed by atoms with Gasteiger partial charge in [0.15, 0.2) is 12.6 Å². The zero-order chi connectivity index (χ0) is 19.9. The van der Waals surface area contributed by atoms with Gasteiger partial charge in [-0.1, -0.05) is 12.1 Å². The summed E-state index contributed by atoms with van der Waals surface area (Å²) in [6, 6.07) is 5.11. The second-order valence-electron chi connectivity index (χ2n) is 6.59. The van der Waals surface area contributed by atoms with Crippen molar-refractivity contribution in [1.82, 2.24) is 10.6 Å². The van der Waals surface area contributed by atoms with Crippen LogP contribution in [-0.2, 0) is 6.54 Å². The Labute approximate surface area is 184 Å². The third-order valence-electron chi connectivity index (χ3n) is 4.03. The van der Waals surface area contributed by atoms with E-state index in [0.29, 0.717) is 30.4 Å². The van der Waals surface area contributed by atoms with Crippen LogP contribution in [0.3, 0.4) is 0 Å². The molecule has 10 heteroatoms. The van der Waals surface area contributed by atoms with Crippen molar-refractivity contribution in [2.45, 2.75) is 38.6 Å². The number of halogens is 4. The molecule has 0 spiro atoms. The Bertz CT molecular complexity index is 653. The fourth-order valence-corrected chi connectivity index (χ4v) is 3.87. The fraction of sp³-hybridized carbons (Fsp3) is 0.611. The average molecular weight is 533 g/mol. The number of benzene rings is 1. The van der Waals surface area contributed by atoms with E-state index in [1.807, 2.05) is 13.0 Å². The van der Waals surface area contributed by atoms with Crippen molar-refractivity contribution in [1.29, 1.82) is 0 Å². The molecule has 3 N–H and O–H groups in total. The number of aliphatic hydroxyl groups is 1. The molecule has 0 amide bonds. The second-order valence-corrected chi connectivity index (χ2v) is 7.70. The number of ether oxygens (including phenoxy) is 1. The molecular weight excluding hydrogens is 506 g/mol. The Morgan fingerprint density at radius 3 is 2.71 bits per heavy atom. The number of nitrogens with one attached hydrogen (secondary N) is 2. The maximum Gasteiger partial charge on any atom is 0.422 e. The third-order valence-corrected chi connectivity index (χ3v) is 5.27. The molecule has 160 valence electrons. The van der Waals surface area contributed by atoms with Gasteiger partial charge in [-0.25, -0.2) is 4.99 Å². The first-order chi connectivity index (χ1) is 12.7. The predicted molar refractivity (Wildman–Crippen MR) is 118 cm³/mol. The molecule has 1 aliphatic heterocycles. The minimum Gasteiger partial charge on any atom is -0.484 e. The van der Waals surface area contributed by atoms with Crippen LogP contribution < -0.4 is 15.4 Å². The molecule has 0 aromatic heterocycles. The number of aliphatic imine (C=N–C) groups is 1. The number of aryl methyl sites for hydroxylation is 1. The second kappa shape index (κ2) is 11.3. The van der Waals surface area contributed by atoms with Gasteiger partial charge in [-0.3, -0.25) is 0 Å². The van der Waals surface area contributed by atoms with E-state index in [-0.39, 0.29) is 36.3 Å². The summed E-state index contributed by atoms with van der Waals surface area (Å²) in [5.74, 6) is 2.28. The van der Waals surface area contributed by atoms with Crippen molar-refractivity contribution in [2.75, 3.05) is 31.2 Å². The predicted octanol–water partition coefficient (Wildman–Crippen LogP) is 3.48. The van der Waals surface area contributed by atoms with Gasteiger partial charge in [-0.15, -0.1) is 24.0 Å². The minimum absolute atomic E-state index is 0. The molecule has 1 unspecified atom stereocenters. The summed E-state index contributed by atoms with van der Waals surface area (Å²) in [5.41, 5.74) is 0.620. The Morgan fingerprint density at radius 2 is 2.11 bits per heavy atom. The topological polar surface area (TPSA) is 65.9 Å². The van der Waals surface area contributed by atoms with Gasteiger partial charge < -0.3 is 20.5 Å². The number of hydrogen-bond acceptors (Lipinski definition) is 4. The van der Waals surface area contributed by atoms with E-state index >= 15 is 0 Å². The Balaban J connectivity index is 0.00000392. The van der Waals surface area contributed by atoms with E-state index in [4.69, 9.17) is 4.74 Å². The monoisotopic (exact) mass is 533 g/mol. The first-order valence-electron chi connectivity index (χ1n) is 8.82. The zero-order valence-corrected chi connectivity index (χ0v) is 19.1. The molecule has 2 rings (SSSR count). The molecule has 1 fully saturated rings. The molecule has 0 aliphatic carbocycles. The van der Waals surface area contributed by atoms with E-state index in [0.717, 1.165) is 17.7 Å². The molecule has 1 aromatic carbocycles. The van der Waals surface area contributed by atoms with E-state index in [1.54, 1.807) is 30.8 Å². The van der Waals surface area contributed by atoms with Crippen molar-refractivity contribution in [2.24, 2.45) is 4.99 Å². The summed E-state index contributed by atoms with van der Waals surface area (Å²) in [4.78, 5) is 4.43. The average Bonchev–Trinajstić information content (AvgIpc) is 3.03. The summed E-state index contributed by atoms with van der Waals surface area (Å²) in [7, 11) is 0. The highest BCUT2D eigenvalue weighted by molar-refractivity contribution is 14.0. The van der Waals surface area contributed by atoms with Crippen LogP contribution >= 0.6 is 35.7 Å². The fourth-order valence-electron chi connectivity index (χ4n) is 2.58. The lowest BCUT2D eigenvalue weighted by molar-refractivity contribution is -0.153. The van der Waals surface area contributed by atoms with Crippen LogP contribution in [0.4, 0.5) is 13.2 Å². The summed E-state index contributed by atoms with van der Waals surface area (Å²) in [6.45, 7) is 3.54. The van der Waals surface area contributed by atoms with Crippen LogP contribution in [0.2, 0.25) is 0 Å². The van der Waals surface area contributed by atoms with E-state index in [9.17, 15) is 18.3 Å². The number of rotatable bonds is 7. The molecule has 0 radical (unpaired) electrons. The SMILES string of the molecule is CCNC(=NCc1ccc(C)cc1OCC(F)(F)F)NCC1(O)CCSC1.I. The maximum absolute atomic E-state index is 12.5. The number of hydrogen-bond donors (Lipinski definition) is 3. The standard InChI is InChI=1S/C18H26F3N3O2S.HI/c1-3-22-16(24-10-17(25)6-7-27-12-17)23-9-14-5-4-13(2)8-15(14)26-11-18(19,20)21;/h4-5,8,25H,3,6-7,9-12H2,1-2H3,(H2,22,23,24);1H. The summed E-state index contributed by atoms with van der Waals surface area (Å²) in [6.07, 6.45) is -3.67. The number of nitrogens with zero attached hydrogens (tertiary/aromatic N) is 1. The minimum atomic E-state index is -4.39. The molecule has 1 atom stereocenters. The lowest BCUT2D eigenvalue weighted by Gasteiger charge is -2.23. The van der Waals surface area contributed by atoms with Crippen LogP contribution in [0.15, 0.2) is 23.2 Å². The normalized spacial score (nSPS) is 19.9. The van der Waals surface area contributed by atoms with E-state index in [1.165, 1.54) is 0 Å². The summed E-state index contributed by atoms with van der Waals surface area (Å²) < 4.78 is 42.4. The summed E-state index contributed by atoms with van der Waals surface area (Å²) in [5, 5.41) is 16.6. The molecule has 5 nitrogen and oxygen atoms in total. The number of thioether (sulfide) groups is 1. The highest BCUT2D eigenvalue weighted by Gasteiger charge is 2.31. The maximum atomic E-state index is 12.5. The molecule has 0 bridgehead atoms. The molecule has 1 aliphatic rings. The van der Waals surface area contributed by atoms with E-state index in [2.05, 4.69) is 15.6 Å². The molecule has 0 saturated carbocycles. The molecule has 1 saturated heterocycles. The zero-order valence-electron chi connectivity index (χ0n) is 15.9. The van der Waals surface area contributed by atoms with Gasteiger partial charge in [0.2, 0.25) is 0 Å². The van der Waals surface area contributed by atoms with Crippen molar-refractivity contribution in [3.8, 4) is 5.75 Å². The van der Waals surface area contributed by atoms with Crippen molar-refractivity contribution >= 4 is 41.7 Å². The van der Waals surface area contributed by atoms with Gasteiger partial charge >= 0.3 is 6.18 Å². The Kier molecular flexibility index (Phi) is 10.2. The molecule has 28 heavy (non-hydrogen) atoms. The van der Waals surface area contributed by atoms with Crippen molar-refractivity contribution < 1.29 is 23.0 Å². The van der Waals surface area contributed by atoms with Crippen LogP contribution in [0, 0.1) is 6.92 Å². The van der Waals surface area contributed by atoms with Crippen LogP contribution in [0.25, 0.3) is 0 Å². The third kappa shape index (κ3) is 8.64. The van der Waals surface area contributed by atoms with Crippen molar-refractivity contribution in [3.63, 3.8) is 0 Å². The van der Waals surface area contributed by atoms with Crippen molar-refractivity contribution in [3.05, 3.63) is 29.3 Å². The first-order valence-corrected chi connectivity index (χ1v) is 9.98. The number of alkyl halides is 3. The van der Waals surface area contributed by atoms with Gasteiger partial charge in [0.05, 0.1) is 12.1 Å². The lowest BCUT2D eigenvalue weighted by atomic mass is 10.0. The first kappa shape index (κ1) is 25.2. The van der Waals surface area contributed by atoms with Crippen LogP contribution in [0.1, 0.15) is 24.5 Å². The van der Waals surface area contributed by atoms with Gasteiger partial charge in [0, 0.05) is 24.4 Å². The highest BCUT2D eigenvalue weighted by Crippen LogP contribution is 2.27. The van der Waals surface area contributed by atoms with Gasteiger partial charge in [0.25, 0.3) is 0 Å². The Morgan fingerprint density at radius 1 is 1.36 bits per heavy atom. The number of guanidine groups is 1. The van der Waals surface area contributed by atoms with Crippen LogP contribution in [-0.4, -0.2) is 54.0 Å². The molecule has 1 aromatic rings. The molecule has 1 heterocycles. The smallest absolute Gasteiger partial charge is 0.422 e. The quantitative estimate of drug-likeness (QED) is 0.285. The van der Waals surface area contributed by atoms with Gasteiger partial charge in [0.1, 0.15) is 5.75 Å². The largest absolute Gasteiger partial charge is 0.484 e. The summed E-state index contributed by atoms with van der Waals surface area (Å²) >= 11 is 1.71. The lowest BCUT2D eigenvalue weighted by Crippen LogP contribution is -2.47. The van der Waals surface area contributed by atoms with Crippen LogP contribution in [0.5, 0.6) is 5.75 Å². The Hall–Kier alpha value is -0.880.